The average molecular weight is 652 g/mol. The summed E-state index contributed by atoms with van der Waals surface area (Å²) in [6.07, 6.45) is 1.20. The molecule has 48 heavy (non-hydrogen) atoms. The molecule has 0 spiro atoms. The van der Waals surface area contributed by atoms with E-state index in [1.807, 2.05) is 50.2 Å². The number of halogens is 1. The lowest BCUT2D eigenvalue weighted by atomic mass is 9.98. The van der Waals surface area contributed by atoms with Gasteiger partial charge in [-0.05, 0) is 67.8 Å². The Balaban J connectivity index is 1.23. The minimum atomic E-state index is -0.589. The van der Waals surface area contributed by atoms with E-state index in [1.165, 1.54) is 6.07 Å². The highest BCUT2D eigenvalue weighted by molar-refractivity contribution is 5.94. The minimum absolute atomic E-state index is 0.0239. The second kappa shape index (κ2) is 15.7. The number of anilines is 3. The quantitative estimate of drug-likeness (QED) is 0.102. The molecule has 5 rings (SSSR count). The molecule has 0 saturated carbocycles. The number of amides is 2. The first-order valence-electron chi connectivity index (χ1n) is 15.9. The molecular weight excluding hydrogens is 613 g/mol. The van der Waals surface area contributed by atoms with Crippen LogP contribution in [0.4, 0.5) is 21.5 Å². The lowest BCUT2D eigenvalue weighted by Crippen LogP contribution is -2.16. The van der Waals surface area contributed by atoms with Crippen molar-refractivity contribution in [1.82, 2.24) is 10.2 Å². The first-order valence-corrected chi connectivity index (χ1v) is 15.9. The van der Waals surface area contributed by atoms with Crippen LogP contribution in [0.3, 0.4) is 0 Å². The number of para-hydroxylation sites is 3. The molecule has 0 aliphatic heterocycles. The van der Waals surface area contributed by atoms with E-state index in [0.717, 1.165) is 11.1 Å². The van der Waals surface area contributed by atoms with Crippen molar-refractivity contribution in [3.63, 3.8) is 0 Å². The van der Waals surface area contributed by atoms with Crippen LogP contribution in [0.25, 0.3) is 10.8 Å². The van der Waals surface area contributed by atoms with Crippen molar-refractivity contribution in [3.05, 3.63) is 117 Å². The zero-order chi connectivity index (χ0) is 34.0. The Morgan fingerprint density at radius 1 is 0.812 bits per heavy atom. The number of aromatic amines is 1. The zero-order valence-electron chi connectivity index (χ0n) is 26.9. The molecule has 0 aliphatic rings. The van der Waals surface area contributed by atoms with Crippen molar-refractivity contribution in [3.8, 4) is 11.5 Å². The van der Waals surface area contributed by atoms with Crippen molar-refractivity contribution in [2.45, 2.75) is 46.0 Å². The topological polar surface area (TPSA) is 148 Å². The predicted octanol–water partition coefficient (Wildman–Crippen LogP) is 6.37. The Labute approximate surface area is 277 Å². The van der Waals surface area contributed by atoms with Crippen LogP contribution in [0.2, 0.25) is 0 Å². The number of nitrogens with one attached hydrogen (secondary N) is 3. The largest absolute Gasteiger partial charge is 0.492 e. The lowest BCUT2D eigenvalue weighted by molar-refractivity contribution is -0.117. The van der Waals surface area contributed by atoms with Gasteiger partial charge in [0.25, 0.3) is 5.56 Å². The highest BCUT2D eigenvalue weighted by Crippen LogP contribution is 2.30. The molecule has 10 nitrogen and oxygen atoms in total. The van der Waals surface area contributed by atoms with Gasteiger partial charge in [0.1, 0.15) is 17.3 Å². The predicted molar refractivity (Wildman–Crippen MR) is 185 cm³/mol. The van der Waals surface area contributed by atoms with Gasteiger partial charge >= 0.3 is 0 Å². The fourth-order valence-electron chi connectivity index (χ4n) is 5.46. The number of rotatable bonds is 14. The number of nitrogen functional groups attached to an aromatic ring is 1. The van der Waals surface area contributed by atoms with Crippen LogP contribution >= 0.6 is 0 Å². The van der Waals surface area contributed by atoms with Crippen molar-refractivity contribution in [2.75, 3.05) is 29.6 Å². The summed E-state index contributed by atoms with van der Waals surface area (Å²) in [7, 11) is 0. The SMILES string of the molecule is CCOc1ccccc1NC(=O)CCCC(=O)Nc1cc(Cc2n[nH]c(=O)c3cc(Cc4cccc(N)c4OCC)ccc23)ccc1F. The molecule has 0 fully saturated rings. The molecule has 0 atom stereocenters. The van der Waals surface area contributed by atoms with Crippen LogP contribution in [0.15, 0.2) is 83.7 Å². The molecule has 5 N–H and O–H groups in total. The van der Waals surface area contributed by atoms with Crippen LogP contribution < -0.4 is 31.4 Å². The average Bonchev–Trinajstić information content (AvgIpc) is 3.07. The monoisotopic (exact) mass is 651 g/mol. The summed E-state index contributed by atoms with van der Waals surface area (Å²) in [6.45, 7) is 4.70. The molecular formula is C37H38FN5O5. The molecule has 0 aliphatic carbocycles. The summed E-state index contributed by atoms with van der Waals surface area (Å²) in [5.74, 6) is -0.0538. The van der Waals surface area contributed by atoms with Crippen LogP contribution in [0, 0.1) is 5.82 Å². The summed E-state index contributed by atoms with van der Waals surface area (Å²) in [6, 6.07) is 22.8. The molecule has 1 heterocycles. The van der Waals surface area contributed by atoms with Gasteiger partial charge in [0, 0.05) is 36.6 Å². The number of ether oxygens (including phenoxy) is 2. The number of carbonyl (C=O) groups is 2. The van der Waals surface area contributed by atoms with Crippen molar-refractivity contribution in [1.29, 1.82) is 0 Å². The molecule has 4 aromatic carbocycles. The standard InChI is InChI=1S/C37H38FN5O5/c1-3-47-33-12-6-5-11-30(33)40-34(44)13-8-14-35(45)41-32-22-24(16-18-28(32)38)21-31-26-17-15-23(20-27(26)37(46)43-42-31)19-25-9-7-10-29(39)36(25)48-4-2/h5-7,9-12,15-18,20,22H,3-4,8,13-14,19,21,39H2,1-2H3,(H,40,44)(H,41,45)(H,43,46). The number of aromatic nitrogens is 2. The molecule has 248 valence electrons. The smallest absolute Gasteiger partial charge is 0.272 e. The number of hydrogen-bond acceptors (Lipinski definition) is 7. The van der Waals surface area contributed by atoms with Gasteiger partial charge in [-0.15, -0.1) is 0 Å². The second-order valence-electron chi connectivity index (χ2n) is 11.2. The third kappa shape index (κ3) is 8.35. The Kier molecular flexibility index (Phi) is 11.0. The molecule has 11 heteroatoms. The first kappa shape index (κ1) is 33.6. The van der Waals surface area contributed by atoms with Gasteiger partial charge in [0.05, 0.1) is 41.4 Å². The normalized spacial score (nSPS) is 10.9. The zero-order valence-corrected chi connectivity index (χ0v) is 26.9. The molecule has 2 amide bonds. The van der Waals surface area contributed by atoms with Gasteiger partial charge in [0.15, 0.2) is 0 Å². The summed E-state index contributed by atoms with van der Waals surface area (Å²) in [4.78, 5) is 37.9. The number of carbonyl (C=O) groups excluding carboxylic acids is 2. The van der Waals surface area contributed by atoms with Crippen molar-refractivity contribution < 1.29 is 23.5 Å². The Bertz CT molecular complexity index is 1990. The van der Waals surface area contributed by atoms with E-state index in [-0.39, 0.29) is 42.8 Å². The molecule has 0 saturated heterocycles. The Hall–Kier alpha value is -5.71. The Morgan fingerprint density at radius 3 is 2.29 bits per heavy atom. The maximum atomic E-state index is 14.7. The third-order valence-corrected chi connectivity index (χ3v) is 7.69. The van der Waals surface area contributed by atoms with Gasteiger partial charge in [-0.2, -0.15) is 5.10 Å². The highest BCUT2D eigenvalue weighted by atomic mass is 19.1. The number of nitrogens with two attached hydrogens (primary N) is 1. The summed E-state index contributed by atoms with van der Waals surface area (Å²) >= 11 is 0. The van der Waals surface area contributed by atoms with E-state index in [4.69, 9.17) is 15.2 Å². The number of H-pyrrole nitrogens is 1. The summed E-state index contributed by atoms with van der Waals surface area (Å²) < 4.78 is 26.0. The van der Waals surface area contributed by atoms with Crippen molar-refractivity contribution in [2.24, 2.45) is 0 Å². The van der Waals surface area contributed by atoms with Gasteiger partial charge in [-0.25, -0.2) is 9.49 Å². The summed E-state index contributed by atoms with van der Waals surface area (Å²) in [5.41, 5.74) is 10.0. The Morgan fingerprint density at radius 2 is 1.52 bits per heavy atom. The van der Waals surface area contributed by atoms with Gasteiger partial charge < -0.3 is 25.8 Å². The molecule has 0 unspecified atom stereocenters. The van der Waals surface area contributed by atoms with Crippen LogP contribution in [-0.4, -0.2) is 35.2 Å². The van der Waals surface area contributed by atoms with Gasteiger partial charge in [0.2, 0.25) is 11.8 Å². The van der Waals surface area contributed by atoms with E-state index in [1.54, 1.807) is 36.4 Å². The fourth-order valence-corrected chi connectivity index (χ4v) is 5.46. The number of fused-ring (bicyclic) bond motifs is 1. The third-order valence-electron chi connectivity index (χ3n) is 7.69. The first-order chi connectivity index (χ1) is 23.2. The van der Waals surface area contributed by atoms with Crippen LogP contribution in [-0.2, 0) is 22.4 Å². The lowest BCUT2D eigenvalue weighted by Gasteiger charge is -2.13. The minimum Gasteiger partial charge on any atom is -0.492 e. The van der Waals surface area contributed by atoms with E-state index in [2.05, 4.69) is 20.8 Å². The van der Waals surface area contributed by atoms with Crippen LogP contribution in [0.1, 0.15) is 55.5 Å². The molecule has 5 aromatic rings. The molecule has 0 radical (unpaired) electrons. The van der Waals surface area contributed by atoms with Crippen molar-refractivity contribution >= 4 is 39.6 Å². The molecule has 1 aromatic heterocycles. The van der Waals surface area contributed by atoms with E-state index >= 15 is 0 Å². The number of benzene rings is 4. The second-order valence-corrected chi connectivity index (χ2v) is 11.2. The van der Waals surface area contributed by atoms with E-state index < -0.39 is 11.7 Å². The van der Waals surface area contributed by atoms with Gasteiger partial charge in [-0.3, -0.25) is 14.4 Å². The maximum absolute atomic E-state index is 14.7. The number of hydrogen-bond donors (Lipinski definition) is 4. The number of nitrogens with zero attached hydrogens (tertiary/aromatic N) is 1. The highest BCUT2D eigenvalue weighted by Gasteiger charge is 2.15. The van der Waals surface area contributed by atoms with Gasteiger partial charge in [-0.1, -0.05) is 42.5 Å². The summed E-state index contributed by atoms with van der Waals surface area (Å²) in [5, 5.41) is 13.4. The molecule has 0 bridgehead atoms. The van der Waals surface area contributed by atoms with E-state index in [0.29, 0.717) is 64.5 Å². The maximum Gasteiger partial charge on any atom is 0.272 e. The fraction of sp³-hybridized carbons (Fsp3) is 0.243. The van der Waals surface area contributed by atoms with Crippen LogP contribution in [0.5, 0.6) is 11.5 Å². The van der Waals surface area contributed by atoms with E-state index in [9.17, 15) is 18.8 Å².